The van der Waals surface area contributed by atoms with Gasteiger partial charge in [-0.3, -0.25) is 0 Å². The van der Waals surface area contributed by atoms with Gasteiger partial charge < -0.3 is 9.64 Å². The number of likely N-dealkylation sites (tertiary alicyclic amines) is 1. The van der Waals surface area contributed by atoms with Gasteiger partial charge in [0.15, 0.2) is 0 Å². The van der Waals surface area contributed by atoms with Crippen molar-refractivity contribution >= 4 is 0 Å². The standard InChI is InChI=1S/C10H17NO/c1-3-10-4-6-11(7-5-10)8-9-12-2/h1,10H,4-9H2,2H3. The number of piperidine rings is 1. The van der Waals surface area contributed by atoms with Crippen molar-refractivity contribution in [3.63, 3.8) is 0 Å². The van der Waals surface area contributed by atoms with Crippen LogP contribution in [0.15, 0.2) is 0 Å². The van der Waals surface area contributed by atoms with Gasteiger partial charge in [-0.2, -0.15) is 0 Å². The zero-order valence-corrected chi connectivity index (χ0v) is 7.75. The highest BCUT2D eigenvalue weighted by Gasteiger charge is 2.16. The van der Waals surface area contributed by atoms with Crippen molar-refractivity contribution in [2.75, 3.05) is 33.4 Å². The fraction of sp³-hybridized carbons (Fsp3) is 0.800. The second-order valence-corrected chi connectivity index (χ2v) is 3.28. The quantitative estimate of drug-likeness (QED) is 0.581. The molecule has 1 fully saturated rings. The van der Waals surface area contributed by atoms with Crippen LogP contribution < -0.4 is 0 Å². The molecule has 1 heterocycles. The second-order valence-electron chi connectivity index (χ2n) is 3.28. The summed E-state index contributed by atoms with van der Waals surface area (Å²) in [5, 5.41) is 0. The summed E-state index contributed by atoms with van der Waals surface area (Å²) in [7, 11) is 1.74. The molecule has 1 aliphatic rings. The van der Waals surface area contributed by atoms with E-state index in [1.807, 2.05) is 0 Å². The predicted octanol–water partition coefficient (Wildman–Crippen LogP) is 0.978. The average molecular weight is 167 g/mol. The third-order valence-corrected chi connectivity index (χ3v) is 2.43. The highest BCUT2D eigenvalue weighted by Crippen LogP contribution is 2.15. The van der Waals surface area contributed by atoms with Crippen LogP contribution in [0.3, 0.4) is 0 Å². The molecule has 0 saturated carbocycles. The van der Waals surface area contributed by atoms with Crippen LogP contribution in [0.25, 0.3) is 0 Å². The number of hydrogen-bond donors (Lipinski definition) is 0. The summed E-state index contributed by atoms with van der Waals surface area (Å²) in [5.41, 5.74) is 0. The topological polar surface area (TPSA) is 12.5 Å². The summed E-state index contributed by atoms with van der Waals surface area (Å²) >= 11 is 0. The van der Waals surface area contributed by atoms with Crippen LogP contribution in [0.5, 0.6) is 0 Å². The van der Waals surface area contributed by atoms with E-state index in [1.54, 1.807) is 7.11 Å². The lowest BCUT2D eigenvalue weighted by Gasteiger charge is -2.29. The molecule has 0 aliphatic carbocycles. The van der Waals surface area contributed by atoms with Crippen molar-refractivity contribution < 1.29 is 4.74 Å². The van der Waals surface area contributed by atoms with Crippen molar-refractivity contribution in [2.24, 2.45) is 5.92 Å². The first-order valence-corrected chi connectivity index (χ1v) is 4.54. The molecule has 0 N–H and O–H groups in total. The Kier molecular flexibility index (Phi) is 4.13. The molecule has 68 valence electrons. The van der Waals surface area contributed by atoms with E-state index in [0.29, 0.717) is 5.92 Å². The van der Waals surface area contributed by atoms with Crippen molar-refractivity contribution in [3.8, 4) is 12.3 Å². The molecule has 0 aromatic rings. The first kappa shape index (κ1) is 9.57. The Morgan fingerprint density at radius 2 is 2.17 bits per heavy atom. The van der Waals surface area contributed by atoms with Crippen LogP contribution in [0.2, 0.25) is 0 Å². The number of methoxy groups -OCH3 is 1. The van der Waals surface area contributed by atoms with Crippen molar-refractivity contribution in [3.05, 3.63) is 0 Å². The van der Waals surface area contributed by atoms with Crippen molar-refractivity contribution in [1.29, 1.82) is 0 Å². The lowest BCUT2D eigenvalue weighted by atomic mass is 9.98. The average Bonchev–Trinajstić information content (AvgIpc) is 2.15. The fourth-order valence-electron chi connectivity index (χ4n) is 1.54. The van der Waals surface area contributed by atoms with Gasteiger partial charge in [-0.1, -0.05) is 0 Å². The Balaban J connectivity index is 2.14. The third kappa shape index (κ3) is 2.84. The van der Waals surface area contributed by atoms with Crippen LogP contribution in [-0.2, 0) is 4.74 Å². The van der Waals surface area contributed by atoms with Gasteiger partial charge in [-0.05, 0) is 25.9 Å². The van der Waals surface area contributed by atoms with Crippen molar-refractivity contribution in [1.82, 2.24) is 4.90 Å². The minimum atomic E-state index is 0.517. The molecule has 2 heteroatoms. The van der Waals surface area contributed by atoms with Crippen molar-refractivity contribution in [2.45, 2.75) is 12.8 Å². The highest BCUT2D eigenvalue weighted by molar-refractivity contribution is 4.95. The first-order chi connectivity index (χ1) is 5.86. The predicted molar refractivity (Wildman–Crippen MR) is 49.9 cm³/mol. The number of nitrogens with zero attached hydrogens (tertiary/aromatic N) is 1. The maximum absolute atomic E-state index is 5.36. The van der Waals surface area contributed by atoms with Gasteiger partial charge in [0, 0.05) is 19.6 Å². The van der Waals surface area contributed by atoms with E-state index in [0.717, 1.165) is 39.1 Å². The summed E-state index contributed by atoms with van der Waals surface area (Å²) in [4.78, 5) is 2.41. The Morgan fingerprint density at radius 1 is 1.50 bits per heavy atom. The molecular weight excluding hydrogens is 150 g/mol. The smallest absolute Gasteiger partial charge is 0.0589 e. The van der Waals surface area contributed by atoms with Gasteiger partial charge in [-0.15, -0.1) is 12.3 Å². The maximum Gasteiger partial charge on any atom is 0.0589 e. The van der Waals surface area contributed by atoms with Crippen LogP contribution >= 0.6 is 0 Å². The minimum Gasteiger partial charge on any atom is -0.383 e. The van der Waals surface area contributed by atoms with E-state index in [-0.39, 0.29) is 0 Å². The van der Waals surface area contributed by atoms with Crippen LogP contribution in [0.1, 0.15) is 12.8 Å². The second kappa shape index (κ2) is 5.18. The zero-order chi connectivity index (χ0) is 8.81. The van der Waals surface area contributed by atoms with E-state index in [9.17, 15) is 0 Å². The zero-order valence-electron chi connectivity index (χ0n) is 7.75. The molecule has 1 saturated heterocycles. The van der Waals surface area contributed by atoms with Gasteiger partial charge >= 0.3 is 0 Å². The summed E-state index contributed by atoms with van der Waals surface area (Å²) in [6.45, 7) is 4.16. The molecule has 0 spiro atoms. The van der Waals surface area contributed by atoms with E-state index in [4.69, 9.17) is 11.2 Å². The van der Waals surface area contributed by atoms with Gasteiger partial charge in [0.2, 0.25) is 0 Å². The highest BCUT2D eigenvalue weighted by atomic mass is 16.5. The monoisotopic (exact) mass is 167 g/mol. The van der Waals surface area contributed by atoms with E-state index < -0.39 is 0 Å². The summed E-state index contributed by atoms with van der Waals surface area (Å²) in [6, 6.07) is 0. The van der Waals surface area contributed by atoms with Gasteiger partial charge in [0.25, 0.3) is 0 Å². The summed E-state index contributed by atoms with van der Waals surface area (Å²) in [6.07, 6.45) is 7.66. The molecule has 0 amide bonds. The molecule has 1 aliphatic heterocycles. The third-order valence-electron chi connectivity index (χ3n) is 2.43. The molecule has 0 atom stereocenters. The Hall–Kier alpha value is -0.520. The van der Waals surface area contributed by atoms with E-state index >= 15 is 0 Å². The van der Waals surface area contributed by atoms with Gasteiger partial charge in [-0.25, -0.2) is 0 Å². The van der Waals surface area contributed by atoms with Gasteiger partial charge in [0.1, 0.15) is 0 Å². The Labute approximate surface area is 74.9 Å². The van der Waals surface area contributed by atoms with E-state index in [2.05, 4.69) is 10.8 Å². The lowest BCUT2D eigenvalue weighted by molar-refractivity contribution is 0.128. The SMILES string of the molecule is C#CC1CCN(CCOC)CC1. The molecule has 0 aromatic carbocycles. The molecule has 0 radical (unpaired) electrons. The molecule has 0 aromatic heterocycles. The Morgan fingerprint density at radius 3 is 2.67 bits per heavy atom. The molecule has 12 heavy (non-hydrogen) atoms. The van der Waals surface area contributed by atoms with E-state index in [1.165, 1.54) is 0 Å². The molecule has 1 rings (SSSR count). The lowest BCUT2D eigenvalue weighted by Crippen LogP contribution is -2.35. The Bertz CT molecular complexity index is 154. The van der Waals surface area contributed by atoms with Crippen LogP contribution in [-0.4, -0.2) is 38.3 Å². The number of terminal acetylenes is 1. The first-order valence-electron chi connectivity index (χ1n) is 4.54. The maximum atomic E-state index is 5.36. The number of hydrogen-bond acceptors (Lipinski definition) is 2. The summed E-state index contributed by atoms with van der Waals surface area (Å²) in [5.74, 6) is 3.34. The molecule has 2 nitrogen and oxygen atoms in total. The minimum absolute atomic E-state index is 0.517. The number of rotatable bonds is 3. The molecule has 0 unspecified atom stereocenters. The molecule has 0 bridgehead atoms. The van der Waals surface area contributed by atoms with Gasteiger partial charge in [0.05, 0.1) is 6.61 Å². The summed E-state index contributed by atoms with van der Waals surface area (Å²) < 4.78 is 5.02. The van der Waals surface area contributed by atoms with Crippen LogP contribution in [0.4, 0.5) is 0 Å². The normalized spacial score (nSPS) is 20.7. The fourth-order valence-corrected chi connectivity index (χ4v) is 1.54. The largest absolute Gasteiger partial charge is 0.383 e. The van der Waals surface area contributed by atoms with Crippen LogP contribution in [0, 0.1) is 18.3 Å². The number of ether oxygens (including phenoxy) is 1. The molecular formula is C10H17NO.